The summed E-state index contributed by atoms with van der Waals surface area (Å²) in [4.78, 5) is 0. The van der Waals surface area contributed by atoms with E-state index in [2.05, 4.69) is 27.7 Å². The van der Waals surface area contributed by atoms with Gasteiger partial charge in [-0.1, -0.05) is 53.4 Å². The quantitative estimate of drug-likeness (QED) is 0.509. The van der Waals surface area contributed by atoms with E-state index in [0.29, 0.717) is 0 Å². The third-order valence-corrected chi connectivity index (χ3v) is 3.45. The fraction of sp³-hybridized carbons (Fsp3) is 1.00. The lowest BCUT2D eigenvalue weighted by Gasteiger charge is -2.05. The molecular formula is C14H28. The van der Waals surface area contributed by atoms with Gasteiger partial charge in [0, 0.05) is 0 Å². The molecule has 2 unspecified atom stereocenters. The average Bonchev–Trinajstić information content (AvgIpc) is 2.76. The van der Waals surface area contributed by atoms with Crippen molar-refractivity contribution in [3.8, 4) is 0 Å². The van der Waals surface area contributed by atoms with E-state index in [9.17, 15) is 0 Å². The molecule has 1 saturated carbocycles. The third-order valence-electron chi connectivity index (χ3n) is 3.45. The van der Waals surface area contributed by atoms with Crippen molar-refractivity contribution < 1.29 is 0 Å². The molecule has 0 N–H and O–H groups in total. The SMILES string of the molecule is CC(C)CCCCC1CC1CC(C)C. The van der Waals surface area contributed by atoms with E-state index >= 15 is 0 Å². The Hall–Kier alpha value is 0. The molecule has 0 radical (unpaired) electrons. The van der Waals surface area contributed by atoms with Crippen LogP contribution in [-0.4, -0.2) is 0 Å². The second-order valence-corrected chi connectivity index (χ2v) is 6.06. The van der Waals surface area contributed by atoms with Gasteiger partial charge < -0.3 is 0 Å². The molecule has 1 rings (SSSR count). The Bertz CT molecular complexity index is 146. The molecule has 0 aromatic carbocycles. The van der Waals surface area contributed by atoms with E-state index in [1.54, 1.807) is 6.42 Å². The van der Waals surface area contributed by atoms with Crippen LogP contribution in [0.2, 0.25) is 0 Å². The zero-order valence-corrected chi connectivity index (χ0v) is 10.6. The van der Waals surface area contributed by atoms with Crippen molar-refractivity contribution in [1.29, 1.82) is 0 Å². The summed E-state index contributed by atoms with van der Waals surface area (Å²) in [6, 6.07) is 0. The summed E-state index contributed by atoms with van der Waals surface area (Å²) in [7, 11) is 0. The maximum Gasteiger partial charge on any atom is -0.0381 e. The molecule has 0 nitrogen and oxygen atoms in total. The zero-order valence-electron chi connectivity index (χ0n) is 10.6. The van der Waals surface area contributed by atoms with Crippen molar-refractivity contribution >= 4 is 0 Å². The highest BCUT2D eigenvalue weighted by Gasteiger charge is 2.35. The summed E-state index contributed by atoms with van der Waals surface area (Å²) in [5.74, 6) is 4.04. The molecule has 0 bridgehead atoms. The molecule has 0 heterocycles. The van der Waals surface area contributed by atoms with Gasteiger partial charge in [0.2, 0.25) is 0 Å². The Morgan fingerprint density at radius 2 is 1.64 bits per heavy atom. The smallest absolute Gasteiger partial charge is 0.0381 e. The monoisotopic (exact) mass is 196 g/mol. The van der Waals surface area contributed by atoms with Crippen LogP contribution in [0.3, 0.4) is 0 Å². The molecule has 84 valence electrons. The van der Waals surface area contributed by atoms with Gasteiger partial charge in [0.25, 0.3) is 0 Å². The molecule has 1 aliphatic rings. The second kappa shape index (κ2) is 5.78. The molecule has 0 aliphatic heterocycles. The molecule has 0 heteroatoms. The highest BCUT2D eigenvalue weighted by Crippen LogP contribution is 2.46. The molecule has 1 fully saturated rings. The maximum atomic E-state index is 2.36. The first-order valence-electron chi connectivity index (χ1n) is 6.59. The zero-order chi connectivity index (χ0) is 10.6. The van der Waals surface area contributed by atoms with Crippen molar-refractivity contribution in [2.24, 2.45) is 23.7 Å². The lowest BCUT2D eigenvalue weighted by Crippen LogP contribution is -1.92. The summed E-state index contributed by atoms with van der Waals surface area (Å²) in [6.07, 6.45) is 8.92. The fourth-order valence-electron chi connectivity index (χ4n) is 2.52. The minimum Gasteiger partial charge on any atom is -0.0628 e. The van der Waals surface area contributed by atoms with E-state index in [1.807, 2.05) is 0 Å². The van der Waals surface area contributed by atoms with Crippen molar-refractivity contribution in [2.45, 2.75) is 66.2 Å². The maximum absolute atomic E-state index is 2.36. The van der Waals surface area contributed by atoms with Crippen LogP contribution in [0.5, 0.6) is 0 Å². The van der Waals surface area contributed by atoms with Crippen LogP contribution in [0.4, 0.5) is 0 Å². The number of hydrogen-bond donors (Lipinski definition) is 0. The Morgan fingerprint density at radius 3 is 2.21 bits per heavy atom. The molecule has 0 aromatic rings. The largest absolute Gasteiger partial charge is 0.0628 e. The van der Waals surface area contributed by atoms with Crippen LogP contribution >= 0.6 is 0 Å². The minimum atomic E-state index is 0.903. The molecule has 0 aromatic heterocycles. The summed E-state index contributed by atoms with van der Waals surface area (Å²) >= 11 is 0. The van der Waals surface area contributed by atoms with E-state index in [1.165, 1.54) is 32.1 Å². The highest BCUT2D eigenvalue weighted by atomic mass is 14.4. The predicted octanol–water partition coefficient (Wildman–Crippen LogP) is 4.89. The fourth-order valence-corrected chi connectivity index (χ4v) is 2.52. The van der Waals surface area contributed by atoms with Crippen LogP contribution in [0.1, 0.15) is 66.2 Å². The molecule has 0 amide bonds. The van der Waals surface area contributed by atoms with E-state index in [0.717, 1.165) is 23.7 Å². The third kappa shape index (κ3) is 5.02. The van der Waals surface area contributed by atoms with Crippen molar-refractivity contribution in [3.63, 3.8) is 0 Å². The van der Waals surface area contributed by atoms with Crippen molar-refractivity contribution in [3.05, 3.63) is 0 Å². The van der Waals surface area contributed by atoms with E-state index in [4.69, 9.17) is 0 Å². The Labute approximate surface area is 90.5 Å². The van der Waals surface area contributed by atoms with Crippen LogP contribution in [0.15, 0.2) is 0 Å². The Balaban J connectivity index is 1.90. The molecule has 0 saturated heterocycles. The van der Waals surface area contributed by atoms with Gasteiger partial charge in [0.05, 0.1) is 0 Å². The molecule has 1 aliphatic carbocycles. The lowest BCUT2D eigenvalue weighted by molar-refractivity contribution is 0.474. The van der Waals surface area contributed by atoms with Crippen LogP contribution in [0.25, 0.3) is 0 Å². The van der Waals surface area contributed by atoms with E-state index in [-0.39, 0.29) is 0 Å². The summed E-state index contributed by atoms with van der Waals surface area (Å²) in [5, 5.41) is 0. The number of rotatable bonds is 7. The van der Waals surface area contributed by atoms with E-state index < -0.39 is 0 Å². The minimum absolute atomic E-state index is 0.903. The molecular weight excluding hydrogens is 168 g/mol. The van der Waals surface area contributed by atoms with Gasteiger partial charge >= 0.3 is 0 Å². The standard InChI is InChI=1S/C14H28/c1-11(2)7-5-6-8-13-10-14(13)9-12(3)4/h11-14H,5-10H2,1-4H3. The van der Waals surface area contributed by atoms with Gasteiger partial charge in [-0.05, 0) is 36.5 Å². The first-order chi connectivity index (χ1) is 6.59. The van der Waals surface area contributed by atoms with Gasteiger partial charge in [-0.25, -0.2) is 0 Å². The van der Waals surface area contributed by atoms with Gasteiger partial charge in [0.15, 0.2) is 0 Å². The lowest BCUT2D eigenvalue weighted by atomic mass is 10.0. The van der Waals surface area contributed by atoms with Crippen molar-refractivity contribution in [2.75, 3.05) is 0 Å². The first-order valence-corrected chi connectivity index (χ1v) is 6.59. The highest BCUT2D eigenvalue weighted by molar-refractivity contribution is 4.86. The second-order valence-electron chi connectivity index (χ2n) is 6.06. The van der Waals surface area contributed by atoms with Crippen LogP contribution in [-0.2, 0) is 0 Å². The summed E-state index contributed by atoms with van der Waals surface area (Å²) in [6.45, 7) is 9.37. The molecule has 14 heavy (non-hydrogen) atoms. The molecule has 0 spiro atoms. The van der Waals surface area contributed by atoms with Crippen molar-refractivity contribution in [1.82, 2.24) is 0 Å². The van der Waals surface area contributed by atoms with Gasteiger partial charge in [-0.3, -0.25) is 0 Å². The van der Waals surface area contributed by atoms with Gasteiger partial charge in [0.1, 0.15) is 0 Å². The Morgan fingerprint density at radius 1 is 0.929 bits per heavy atom. The van der Waals surface area contributed by atoms with Gasteiger partial charge in [-0.2, -0.15) is 0 Å². The van der Waals surface area contributed by atoms with Crippen LogP contribution < -0.4 is 0 Å². The topological polar surface area (TPSA) is 0 Å². The Kier molecular flexibility index (Phi) is 4.98. The molecule has 2 atom stereocenters. The summed E-state index contributed by atoms with van der Waals surface area (Å²) in [5.41, 5.74) is 0. The number of unbranched alkanes of at least 4 members (excludes halogenated alkanes) is 1. The van der Waals surface area contributed by atoms with Gasteiger partial charge in [-0.15, -0.1) is 0 Å². The normalized spacial score (nSPS) is 26.1. The predicted molar refractivity (Wildman–Crippen MR) is 64.4 cm³/mol. The van der Waals surface area contributed by atoms with Crippen LogP contribution in [0, 0.1) is 23.7 Å². The summed E-state index contributed by atoms with van der Waals surface area (Å²) < 4.78 is 0. The number of hydrogen-bond acceptors (Lipinski definition) is 0. The first kappa shape index (κ1) is 12.1. The average molecular weight is 196 g/mol.